The van der Waals surface area contributed by atoms with Gasteiger partial charge in [-0.3, -0.25) is 0 Å². The minimum atomic E-state index is -0.482. The molecular formula is C20H30N2O3. The summed E-state index contributed by atoms with van der Waals surface area (Å²) in [5.74, 6) is 0.792. The van der Waals surface area contributed by atoms with E-state index in [1.165, 1.54) is 5.56 Å². The highest BCUT2D eigenvalue weighted by molar-refractivity contribution is 5.68. The molecule has 25 heavy (non-hydrogen) atoms. The number of carbonyl (C=O) groups is 1. The zero-order valence-electron chi connectivity index (χ0n) is 15.6. The summed E-state index contributed by atoms with van der Waals surface area (Å²) >= 11 is 0. The van der Waals surface area contributed by atoms with E-state index in [-0.39, 0.29) is 24.3 Å². The fourth-order valence-corrected chi connectivity index (χ4v) is 3.80. The molecule has 0 aromatic heterocycles. The molecule has 5 nitrogen and oxygen atoms in total. The molecule has 0 spiro atoms. The molecule has 1 amide bonds. The summed E-state index contributed by atoms with van der Waals surface area (Å²) in [6.07, 6.45) is 0.853. The fraction of sp³-hybridized carbons (Fsp3) is 0.650. The van der Waals surface area contributed by atoms with Gasteiger partial charge < -0.3 is 20.1 Å². The lowest BCUT2D eigenvalue weighted by Gasteiger charge is -2.48. The highest BCUT2D eigenvalue weighted by Gasteiger charge is 2.54. The molecule has 2 N–H and O–H groups in total. The second-order valence-corrected chi connectivity index (χ2v) is 8.21. The highest BCUT2D eigenvalue weighted by Crippen LogP contribution is 2.39. The molecule has 2 fully saturated rings. The number of fused-ring (bicyclic) bond motifs is 1. The number of amides is 1. The molecular weight excluding hydrogens is 316 g/mol. The van der Waals surface area contributed by atoms with E-state index in [2.05, 4.69) is 41.8 Å². The molecule has 5 heteroatoms. The number of rotatable bonds is 5. The van der Waals surface area contributed by atoms with Crippen LogP contribution in [-0.4, -0.2) is 43.0 Å². The van der Waals surface area contributed by atoms with E-state index in [4.69, 9.17) is 9.47 Å². The van der Waals surface area contributed by atoms with Crippen molar-refractivity contribution in [2.24, 2.45) is 5.92 Å². The van der Waals surface area contributed by atoms with Crippen molar-refractivity contribution in [1.82, 2.24) is 10.6 Å². The van der Waals surface area contributed by atoms with E-state index < -0.39 is 5.60 Å². The molecule has 0 radical (unpaired) electrons. The van der Waals surface area contributed by atoms with Crippen molar-refractivity contribution in [1.29, 1.82) is 0 Å². The van der Waals surface area contributed by atoms with Crippen LogP contribution < -0.4 is 10.6 Å². The molecule has 3 rings (SSSR count). The Bertz CT molecular complexity index is 584. The van der Waals surface area contributed by atoms with E-state index >= 15 is 0 Å². The van der Waals surface area contributed by atoms with Crippen LogP contribution in [0.1, 0.15) is 45.6 Å². The Morgan fingerprint density at radius 2 is 2.00 bits per heavy atom. The van der Waals surface area contributed by atoms with Gasteiger partial charge in [0.15, 0.2) is 0 Å². The van der Waals surface area contributed by atoms with Gasteiger partial charge in [0.05, 0.1) is 18.2 Å². The Morgan fingerprint density at radius 1 is 1.28 bits per heavy atom. The summed E-state index contributed by atoms with van der Waals surface area (Å²) in [7, 11) is 0. The number of nitrogens with one attached hydrogen (secondary N) is 2. The summed E-state index contributed by atoms with van der Waals surface area (Å²) in [5.41, 5.74) is 0.833. The zero-order valence-corrected chi connectivity index (χ0v) is 15.6. The molecule has 1 saturated heterocycles. The van der Waals surface area contributed by atoms with Crippen molar-refractivity contribution in [2.75, 3.05) is 13.2 Å². The average Bonchev–Trinajstić information content (AvgIpc) is 2.96. The number of alkyl carbamates (subject to hydrolysis) is 1. The van der Waals surface area contributed by atoms with Crippen molar-refractivity contribution in [3.05, 3.63) is 35.9 Å². The third-order valence-electron chi connectivity index (χ3n) is 5.10. The van der Waals surface area contributed by atoms with Crippen molar-refractivity contribution in [3.8, 4) is 0 Å². The highest BCUT2D eigenvalue weighted by atomic mass is 16.6. The van der Waals surface area contributed by atoms with Gasteiger partial charge in [0.2, 0.25) is 0 Å². The predicted molar refractivity (Wildman–Crippen MR) is 97.7 cm³/mol. The molecule has 1 aliphatic carbocycles. The monoisotopic (exact) mass is 346 g/mol. The van der Waals surface area contributed by atoms with Crippen LogP contribution >= 0.6 is 0 Å². The van der Waals surface area contributed by atoms with Crippen LogP contribution in [0.15, 0.2) is 30.3 Å². The van der Waals surface area contributed by atoms with Crippen molar-refractivity contribution >= 4 is 6.09 Å². The summed E-state index contributed by atoms with van der Waals surface area (Å²) in [6, 6.07) is 10.7. The third kappa shape index (κ3) is 4.33. The molecule has 1 heterocycles. The second-order valence-electron chi connectivity index (χ2n) is 8.21. The van der Waals surface area contributed by atoms with Crippen LogP contribution in [0, 0.1) is 5.92 Å². The van der Waals surface area contributed by atoms with Crippen LogP contribution in [0.2, 0.25) is 0 Å². The van der Waals surface area contributed by atoms with Gasteiger partial charge in [0.1, 0.15) is 5.60 Å². The van der Waals surface area contributed by atoms with E-state index in [0.717, 1.165) is 19.6 Å². The van der Waals surface area contributed by atoms with Crippen molar-refractivity contribution < 1.29 is 14.3 Å². The SMILES string of the molecule is CC(CNC1C(NC(=O)OC(C)(C)C)C2CCOC21)c1ccccc1. The Hall–Kier alpha value is -1.59. The normalized spacial score (nSPS) is 29.4. The largest absolute Gasteiger partial charge is 0.444 e. The van der Waals surface area contributed by atoms with Crippen molar-refractivity contribution in [2.45, 2.75) is 63.8 Å². The van der Waals surface area contributed by atoms with E-state index in [1.807, 2.05) is 26.8 Å². The Labute approximate surface area is 150 Å². The molecule has 5 atom stereocenters. The fourth-order valence-electron chi connectivity index (χ4n) is 3.80. The number of ether oxygens (including phenoxy) is 2. The topological polar surface area (TPSA) is 59.6 Å². The van der Waals surface area contributed by atoms with Crippen molar-refractivity contribution in [3.63, 3.8) is 0 Å². The maximum atomic E-state index is 12.2. The first-order valence-corrected chi connectivity index (χ1v) is 9.24. The van der Waals surface area contributed by atoms with E-state index in [1.54, 1.807) is 0 Å². The molecule has 1 aliphatic heterocycles. The molecule has 5 unspecified atom stereocenters. The van der Waals surface area contributed by atoms with Gasteiger partial charge in [-0.15, -0.1) is 0 Å². The lowest BCUT2D eigenvalue weighted by molar-refractivity contribution is -0.0339. The summed E-state index contributed by atoms with van der Waals surface area (Å²) < 4.78 is 11.3. The molecule has 0 bridgehead atoms. The van der Waals surface area contributed by atoms with Gasteiger partial charge in [0, 0.05) is 19.1 Å². The van der Waals surface area contributed by atoms with Gasteiger partial charge in [-0.2, -0.15) is 0 Å². The standard InChI is InChI=1S/C20H30N2O3/c1-13(14-8-6-5-7-9-14)12-21-17-16(15-10-11-24-18(15)17)22-19(23)25-20(2,3)4/h5-9,13,15-18,21H,10-12H2,1-4H3,(H,22,23). The van der Waals surface area contributed by atoms with Crippen LogP contribution in [-0.2, 0) is 9.47 Å². The summed E-state index contributed by atoms with van der Waals surface area (Å²) in [5, 5.41) is 6.67. The van der Waals surface area contributed by atoms with E-state index in [9.17, 15) is 4.79 Å². The number of carbonyl (C=O) groups excluding carboxylic acids is 1. The molecule has 1 aromatic carbocycles. The quantitative estimate of drug-likeness (QED) is 0.860. The van der Waals surface area contributed by atoms with Gasteiger partial charge in [-0.25, -0.2) is 4.79 Å². The van der Waals surface area contributed by atoms with E-state index in [0.29, 0.717) is 11.8 Å². The first-order chi connectivity index (χ1) is 11.8. The molecule has 1 aromatic rings. The Morgan fingerprint density at radius 3 is 2.68 bits per heavy atom. The minimum Gasteiger partial charge on any atom is -0.444 e. The average molecular weight is 346 g/mol. The third-order valence-corrected chi connectivity index (χ3v) is 5.10. The molecule has 138 valence electrons. The maximum absolute atomic E-state index is 12.2. The van der Waals surface area contributed by atoms with Crippen LogP contribution in [0.4, 0.5) is 4.79 Å². The molecule has 1 saturated carbocycles. The first kappa shape index (κ1) is 18.2. The number of hydrogen-bond donors (Lipinski definition) is 2. The van der Waals surface area contributed by atoms with Gasteiger partial charge in [0.25, 0.3) is 0 Å². The zero-order chi connectivity index (χ0) is 18.0. The summed E-state index contributed by atoms with van der Waals surface area (Å²) in [4.78, 5) is 12.2. The second kappa shape index (κ2) is 7.34. The Balaban J connectivity index is 1.56. The van der Waals surface area contributed by atoms with Gasteiger partial charge in [-0.1, -0.05) is 37.3 Å². The number of hydrogen-bond acceptors (Lipinski definition) is 4. The van der Waals surface area contributed by atoms with Crippen LogP contribution in [0.5, 0.6) is 0 Å². The maximum Gasteiger partial charge on any atom is 0.407 e. The lowest BCUT2D eigenvalue weighted by Crippen LogP contribution is -2.70. The smallest absolute Gasteiger partial charge is 0.407 e. The predicted octanol–water partition coefficient (Wildman–Crippen LogP) is 3.06. The van der Waals surface area contributed by atoms with Gasteiger partial charge >= 0.3 is 6.09 Å². The minimum absolute atomic E-state index is 0.0744. The lowest BCUT2D eigenvalue weighted by atomic mass is 9.71. The van der Waals surface area contributed by atoms with Gasteiger partial charge in [-0.05, 0) is 38.7 Å². The first-order valence-electron chi connectivity index (χ1n) is 9.24. The number of benzene rings is 1. The van der Waals surface area contributed by atoms with Crippen LogP contribution in [0.3, 0.4) is 0 Å². The Kier molecular flexibility index (Phi) is 5.35. The van der Waals surface area contributed by atoms with Crippen LogP contribution in [0.25, 0.3) is 0 Å². The molecule has 2 aliphatic rings. The summed E-state index contributed by atoms with van der Waals surface area (Å²) in [6.45, 7) is 9.48.